The van der Waals surface area contributed by atoms with Crippen LogP contribution in [0.4, 0.5) is 0 Å². The van der Waals surface area contributed by atoms with E-state index in [0.29, 0.717) is 12.5 Å². The molecule has 0 bridgehead atoms. The van der Waals surface area contributed by atoms with Gasteiger partial charge < -0.3 is 0 Å². The zero-order valence-electron chi connectivity index (χ0n) is 13.4. The summed E-state index contributed by atoms with van der Waals surface area (Å²) in [7, 11) is 0. The zero-order valence-corrected chi connectivity index (χ0v) is 13.4. The number of likely N-dealkylation sites (tertiary alicyclic amines) is 1. The topological polar surface area (TPSA) is 61.2 Å². The van der Waals surface area contributed by atoms with Gasteiger partial charge in [-0.05, 0) is 45.4 Å². The molecule has 2 atom stereocenters. The molecular formula is C17H26N2O2. The van der Waals surface area contributed by atoms with E-state index >= 15 is 0 Å². The smallest absolute Gasteiger partial charge is 0.233 e. The van der Waals surface area contributed by atoms with E-state index in [1.807, 2.05) is 13.8 Å². The summed E-state index contributed by atoms with van der Waals surface area (Å²) in [4.78, 5) is 26.2. The van der Waals surface area contributed by atoms with E-state index in [4.69, 9.17) is 5.26 Å². The molecule has 1 heterocycles. The molecule has 0 aromatic heterocycles. The Balaban J connectivity index is 1.83. The van der Waals surface area contributed by atoms with Gasteiger partial charge in [-0.2, -0.15) is 5.26 Å². The van der Waals surface area contributed by atoms with Crippen molar-refractivity contribution in [3.63, 3.8) is 0 Å². The monoisotopic (exact) mass is 290 g/mol. The van der Waals surface area contributed by atoms with Crippen molar-refractivity contribution in [2.24, 2.45) is 23.2 Å². The Morgan fingerprint density at radius 2 is 1.76 bits per heavy atom. The predicted octanol–water partition coefficient (Wildman–Crippen LogP) is 3.13. The van der Waals surface area contributed by atoms with Gasteiger partial charge in [0.2, 0.25) is 11.8 Å². The van der Waals surface area contributed by atoms with Crippen LogP contribution in [-0.4, -0.2) is 23.3 Å². The van der Waals surface area contributed by atoms with Crippen LogP contribution in [0.1, 0.15) is 59.3 Å². The van der Waals surface area contributed by atoms with Gasteiger partial charge in [-0.3, -0.25) is 14.5 Å². The van der Waals surface area contributed by atoms with E-state index in [0.717, 1.165) is 38.5 Å². The number of amides is 2. The number of unbranched alkanes of at least 4 members (excludes halogenated alkanes) is 1. The molecule has 2 fully saturated rings. The van der Waals surface area contributed by atoms with Gasteiger partial charge in [-0.15, -0.1) is 0 Å². The van der Waals surface area contributed by atoms with E-state index < -0.39 is 0 Å². The normalized spacial score (nSPS) is 28.9. The molecule has 0 spiro atoms. The van der Waals surface area contributed by atoms with Gasteiger partial charge in [-0.1, -0.05) is 19.8 Å². The van der Waals surface area contributed by atoms with Crippen LogP contribution in [0.3, 0.4) is 0 Å². The van der Waals surface area contributed by atoms with Crippen LogP contribution in [0.15, 0.2) is 0 Å². The highest BCUT2D eigenvalue weighted by Gasteiger charge is 2.51. The van der Waals surface area contributed by atoms with Gasteiger partial charge in [0.15, 0.2) is 0 Å². The highest BCUT2D eigenvalue weighted by molar-refractivity contribution is 6.05. The quantitative estimate of drug-likeness (QED) is 0.557. The van der Waals surface area contributed by atoms with Crippen molar-refractivity contribution in [3.8, 4) is 6.07 Å². The second-order valence-electron chi connectivity index (χ2n) is 7.24. The van der Waals surface area contributed by atoms with Crippen molar-refractivity contribution in [3.05, 3.63) is 0 Å². The SMILES string of the molecule is CCC1CC2C(=O)N(CCCCC(C)(C)C#N)C(=O)C2C1. The predicted molar refractivity (Wildman–Crippen MR) is 80.0 cm³/mol. The standard InChI is InChI=1S/C17H26N2O2/c1-4-12-9-13-14(10-12)16(21)19(15(13)20)8-6-5-7-17(2,3)11-18/h12-14H,4-10H2,1-3H3. The minimum absolute atomic E-state index is 0.0435. The molecule has 116 valence electrons. The van der Waals surface area contributed by atoms with Crippen LogP contribution in [0.2, 0.25) is 0 Å². The molecule has 2 amide bonds. The third-order valence-electron chi connectivity index (χ3n) is 5.14. The van der Waals surface area contributed by atoms with Crippen molar-refractivity contribution < 1.29 is 9.59 Å². The van der Waals surface area contributed by atoms with Crippen LogP contribution in [0.5, 0.6) is 0 Å². The first-order valence-electron chi connectivity index (χ1n) is 8.16. The van der Waals surface area contributed by atoms with Crippen LogP contribution < -0.4 is 0 Å². The average molecular weight is 290 g/mol. The second kappa shape index (κ2) is 6.17. The first-order chi connectivity index (χ1) is 9.89. The molecule has 21 heavy (non-hydrogen) atoms. The van der Waals surface area contributed by atoms with Crippen molar-refractivity contribution >= 4 is 11.8 Å². The van der Waals surface area contributed by atoms with Gasteiger partial charge in [0.25, 0.3) is 0 Å². The van der Waals surface area contributed by atoms with Gasteiger partial charge in [0.05, 0.1) is 23.3 Å². The highest BCUT2D eigenvalue weighted by Crippen LogP contribution is 2.44. The molecule has 1 saturated carbocycles. The molecule has 0 aromatic rings. The summed E-state index contributed by atoms with van der Waals surface area (Å²) in [6.07, 6.45) is 5.35. The third kappa shape index (κ3) is 3.28. The number of nitriles is 1. The molecule has 2 rings (SSSR count). The number of rotatable bonds is 6. The molecule has 0 aromatic carbocycles. The Hall–Kier alpha value is -1.37. The Kier molecular flexibility index (Phi) is 4.70. The Bertz CT molecular complexity index is 440. The molecule has 4 nitrogen and oxygen atoms in total. The number of imide groups is 1. The number of hydrogen-bond donors (Lipinski definition) is 0. The van der Waals surface area contributed by atoms with Crippen molar-refractivity contribution in [2.45, 2.75) is 59.3 Å². The highest BCUT2D eigenvalue weighted by atomic mass is 16.2. The number of fused-ring (bicyclic) bond motifs is 1. The third-order valence-corrected chi connectivity index (χ3v) is 5.14. The lowest BCUT2D eigenvalue weighted by atomic mass is 9.89. The van der Waals surface area contributed by atoms with Crippen LogP contribution in [-0.2, 0) is 9.59 Å². The Labute approximate surface area is 127 Å². The zero-order chi connectivity index (χ0) is 15.6. The van der Waals surface area contributed by atoms with E-state index in [1.165, 1.54) is 4.90 Å². The van der Waals surface area contributed by atoms with E-state index in [1.54, 1.807) is 0 Å². The Morgan fingerprint density at radius 1 is 1.19 bits per heavy atom. The lowest BCUT2D eigenvalue weighted by Gasteiger charge is -2.19. The number of carbonyl (C=O) groups is 2. The van der Waals surface area contributed by atoms with E-state index in [9.17, 15) is 9.59 Å². The second-order valence-corrected chi connectivity index (χ2v) is 7.24. The fourth-order valence-corrected chi connectivity index (χ4v) is 3.64. The molecule has 1 aliphatic heterocycles. The minimum Gasteiger partial charge on any atom is -0.282 e. The van der Waals surface area contributed by atoms with Crippen molar-refractivity contribution in [1.29, 1.82) is 5.26 Å². The number of nitrogens with zero attached hydrogens (tertiary/aromatic N) is 2. The number of carbonyl (C=O) groups excluding carboxylic acids is 2. The molecular weight excluding hydrogens is 264 g/mol. The summed E-state index contributed by atoms with van der Waals surface area (Å²) < 4.78 is 0. The van der Waals surface area contributed by atoms with Gasteiger partial charge in [0, 0.05) is 6.54 Å². The maximum absolute atomic E-state index is 12.4. The average Bonchev–Trinajstić information content (AvgIpc) is 2.97. The van der Waals surface area contributed by atoms with Gasteiger partial charge in [-0.25, -0.2) is 0 Å². The molecule has 1 saturated heterocycles. The first-order valence-corrected chi connectivity index (χ1v) is 8.16. The molecule has 4 heteroatoms. The van der Waals surface area contributed by atoms with Gasteiger partial charge in [0.1, 0.15) is 0 Å². The maximum Gasteiger partial charge on any atom is 0.233 e. The molecule has 0 N–H and O–H groups in total. The summed E-state index contributed by atoms with van der Waals surface area (Å²) in [6.45, 7) is 6.52. The van der Waals surface area contributed by atoms with E-state index in [-0.39, 0.29) is 29.1 Å². The molecule has 2 unspecified atom stereocenters. The van der Waals surface area contributed by atoms with Crippen molar-refractivity contribution in [1.82, 2.24) is 4.90 Å². The summed E-state index contributed by atoms with van der Waals surface area (Å²) in [5, 5.41) is 8.98. The Morgan fingerprint density at radius 3 is 2.24 bits per heavy atom. The van der Waals surface area contributed by atoms with Crippen LogP contribution >= 0.6 is 0 Å². The van der Waals surface area contributed by atoms with Crippen LogP contribution in [0, 0.1) is 34.5 Å². The fourth-order valence-electron chi connectivity index (χ4n) is 3.64. The molecule has 0 radical (unpaired) electrons. The lowest BCUT2D eigenvalue weighted by molar-refractivity contribution is -0.140. The minimum atomic E-state index is -0.316. The number of hydrogen-bond acceptors (Lipinski definition) is 3. The van der Waals surface area contributed by atoms with Crippen molar-refractivity contribution in [2.75, 3.05) is 6.54 Å². The molecule has 2 aliphatic rings. The van der Waals surface area contributed by atoms with Crippen LogP contribution in [0.25, 0.3) is 0 Å². The summed E-state index contributed by atoms with van der Waals surface area (Å²) in [5.74, 6) is 0.573. The summed E-state index contributed by atoms with van der Waals surface area (Å²) in [6, 6.07) is 2.28. The molecule has 1 aliphatic carbocycles. The maximum atomic E-state index is 12.4. The summed E-state index contributed by atoms with van der Waals surface area (Å²) >= 11 is 0. The first kappa shape index (κ1) is 16.0. The summed E-state index contributed by atoms with van der Waals surface area (Å²) in [5.41, 5.74) is -0.316. The lowest BCUT2D eigenvalue weighted by Crippen LogP contribution is -2.33. The van der Waals surface area contributed by atoms with E-state index in [2.05, 4.69) is 13.0 Å². The largest absolute Gasteiger partial charge is 0.282 e. The van der Waals surface area contributed by atoms with Gasteiger partial charge >= 0.3 is 0 Å². The fraction of sp³-hybridized carbons (Fsp3) is 0.824.